The van der Waals surface area contributed by atoms with E-state index in [0.717, 1.165) is 31.6 Å². The zero-order valence-corrected chi connectivity index (χ0v) is 16.6. The van der Waals surface area contributed by atoms with E-state index in [1.165, 1.54) is 6.42 Å². The van der Waals surface area contributed by atoms with Crippen LogP contribution in [0.2, 0.25) is 0 Å². The molecule has 3 rings (SSSR count). The summed E-state index contributed by atoms with van der Waals surface area (Å²) < 4.78 is 2.19. The molecule has 2 aromatic carbocycles. The molecule has 0 unspecified atom stereocenters. The van der Waals surface area contributed by atoms with Crippen LogP contribution in [0.1, 0.15) is 25.8 Å². The summed E-state index contributed by atoms with van der Waals surface area (Å²) in [4.78, 5) is 16.8. The molecular formula is C21H22N2OS2. The number of benzene rings is 2. The second-order valence-corrected chi connectivity index (χ2v) is 8.80. The molecule has 1 N–H and O–H groups in total. The molecule has 26 heavy (non-hydrogen) atoms. The summed E-state index contributed by atoms with van der Waals surface area (Å²) in [5.41, 5.74) is 2.78. The molecule has 0 saturated carbocycles. The average molecular weight is 383 g/mol. The topological polar surface area (TPSA) is 42.0 Å². The minimum absolute atomic E-state index is 0.135. The second-order valence-electron chi connectivity index (χ2n) is 6.43. The highest BCUT2D eigenvalue weighted by Crippen LogP contribution is 2.32. The Bertz CT molecular complexity index is 901. The Balaban J connectivity index is 1.63. The lowest BCUT2D eigenvalue weighted by Gasteiger charge is -2.01. The third-order valence-electron chi connectivity index (χ3n) is 3.78. The van der Waals surface area contributed by atoms with Gasteiger partial charge in [0.2, 0.25) is 5.91 Å². The molecule has 0 bridgehead atoms. The van der Waals surface area contributed by atoms with Crippen molar-refractivity contribution in [1.29, 1.82) is 0 Å². The average Bonchev–Trinajstić information content (AvgIpc) is 3.02. The van der Waals surface area contributed by atoms with Crippen LogP contribution in [-0.2, 0) is 4.79 Å². The number of fused-ring (bicyclic) bond motifs is 1. The van der Waals surface area contributed by atoms with Gasteiger partial charge < -0.3 is 5.32 Å². The van der Waals surface area contributed by atoms with E-state index in [-0.39, 0.29) is 5.91 Å². The lowest BCUT2D eigenvalue weighted by molar-refractivity contribution is -0.111. The Hall–Kier alpha value is -2.11. The molecule has 1 amide bonds. The van der Waals surface area contributed by atoms with Crippen LogP contribution in [0.3, 0.4) is 0 Å². The SMILES string of the molecule is CC(C)CCSc1nc2ccc(NC(=O)C=Cc3ccccc3)cc2s1. The molecule has 0 aliphatic heterocycles. The first-order valence-corrected chi connectivity index (χ1v) is 10.5. The number of nitrogens with one attached hydrogen (secondary N) is 1. The van der Waals surface area contributed by atoms with Gasteiger partial charge >= 0.3 is 0 Å². The Morgan fingerprint density at radius 1 is 1.23 bits per heavy atom. The zero-order chi connectivity index (χ0) is 18.4. The predicted octanol–water partition coefficient (Wildman–Crippen LogP) is 6.09. The van der Waals surface area contributed by atoms with Gasteiger partial charge in [-0.15, -0.1) is 11.3 Å². The maximum absolute atomic E-state index is 12.1. The molecule has 5 heteroatoms. The van der Waals surface area contributed by atoms with Crippen LogP contribution in [0.5, 0.6) is 0 Å². The van der Waals surface area contributed by atoms with Gasteiger partial charge in [0.15, 0.2) is 4.34 Å². The van der Waals surface area contributed by atoms with Crippen molar-refractivity contribution >= 4 is 51.0 Å². The Kier molecular flexibility index (Phi) is 6.47. The monoisotopic (exact) mass is 382 g/mol. The number of thioether (sulfide) groups is 1. The summed E-state index contributed by atoms with van der Waals surface area (Å²) >= 11 is 3.49. The van der Waals surface area contributed by atoms with Crippen LogP contribution in [0.15, 0.2) is 58.9 Å². The summed E-state index contributed by atoms with van der Waals surface area (Å²) in [7, 11) is 0. The van der Waals surface area contributed by atoms with E-state index < -0.39 is 0 Å². The van der Waals surface area contributed by atoms with Gasteiger partial charge in [-0.3, -0.25) is 4.79 Å². The van der Waals surface area contributed by atoms with Crippen LogP contribution in [0.25, 0.3) is 16.3 Å². The molecule has 0 saturated heterocycles. The van der Waals surface area contributed by atoms with E-state index in [2.05, 4.69) is 24.1 Å². The van der Waals surface area contributed by atoms with E-state index in [4.69, 9.17) is 0 Å². The maximum Gasteiger partial charge on any atom is 0.248 e. The van der Waals surface area contributed by atoms with Gasteiger partial charge in [0.05, 0.1) is 10.2 Å². The number of carbonyl (C=O) groups excluding carboxylic acids is 1. The van der Waals surface area contributed by atoms with E-state index in [9.17, 15) is 4.79 Å². The Morgan fingerprint density at radius 3 is 2.81 bits per heavy atom. The second kappa shape index (κ2) is 9.01. The maximum atomic E-state index is 12.1. The fourth-order valence-electron chi connectivity index (χ4n) is 2.34. The molecule has 0 atom stereocenters. The van der Waals surface area contributed by atoms with Gasteiger partial charge in [-0.2, -0.15) is 0 Å². The van der Waals surface area contributed by atoms with Crippen molar-refractivity contribution in [3.8, 4) is 0 Å². The van der Waals surface area contributed by atoms with Crippen molar-refractivity contribution in [2.24, 2.45) is 5.92 Å². The van der Waals surface area contributed by atoms with Crippen LogP contribution >= 0.6 is 23.1 Å². The summed E-state index contributed by atoms with van der Waals surface area (Å²) in [6, 6.07) is 15.6. The van der Waals surface area contributed by atoms with E-state index in [1.54, 1.807) is 17.4 Å². The van der Waals surface area contributed by atoms with Crippen LogP contribution in [-0.4, -0.2) is 16.6 Å². The van der Waals surface area contributed by atoms with Crippen LogP contribution in [0.4, 0.5) is 5.69 Å². The number of rotatable bonds is 7. The summed E-state index contributed by atoms with van der Waals surface area (Å²) in [6.07, 6.45) is 4.55. The summed E-state index contributed by atoms with van der Waals surface area (Å²) in [5.74, 6) is 1.66. The molecule has 134 valence electrons. The number of thiazole rings is 1. The summed E-state index contributed by atoms with van der Waals surface area (Å²) in [5, 5.41) is 2.92. The van der Waals surface area contributed by atoms with Gasteiger partial charge in [-0.05, 0) is 42.2 Å². The number of anilines is 1. The first kappa shape index (κ1) is 18.7. The first-order valence-electron chi connectivity index (χ1n) is 8.67. The van der Waals surface area contributed by atoms with E-state index in [0.29, 0.717) is 5.92 Å². The molecule has 1 aromatic heterocycles. The van der Waals surface area contributed by atoms with Crippen molar-refractivity contribution in [3.63, 3.8) is 0 Å². The van der Waals surface area contributed by atoms with Crippen molar-refractivity contribution in [3.05, 3.63) is 60.2 Å². The Morgan fingerprint density at radius 2 is 2.04 bits per heavy atom. The number of amides is 1. The molecule has 0 aliphatic carbocycles. The van der Waals surface area contributed by atoms with Crippen molar-refractivity contribution in [1.82, 2.24) is 4.98 Å². The molecule has 0 spiro atoms. The molecule has 1 heterocycles. The third kappa shape index (κ3) is 5.44. The third-order valence-corrected chi connectivity index (χ3v) is 5.98. The fraction of sp³-hybridized carbons (Fsp3) is 0.238. The molecule has 3 nitrogen and oxygen atoms in total. The highest BCUT2D eigenvalue weighted by molar-refractivity contribution is 8.01. The normalized spacial score (nSPS) is 11.5. The van der Waals surface area contributed by atoms with Crippen LogP contribution in [0, 0.1) is 5.92 Å². The zero-order valence-electron chi connectivity index (χ0n) is 14.9. The van der Waals surface area contributed by atoms with Gasteiger partial charge in [0, 0.05) is 17.5 Å². The van der Waals surface area contributed by atoms with E-state index >= 15 is 0 Å². The van der Waals surface area contributed by atoms with Crippen molar-refractivity contribution < 1.29 is 4.79 Å². The highest BCUT2D eigenvalue weighted by Gasteiger charge is 2.07. The standard InChI is InChI=1S/C21H22N2OS2/c1-15(2)12-13-25-21-23-18-10-9-17(14-19(18)26-21)22-20(24)11-8-16-6-4-3-5-7-16/h3-11,14-15H,12-13H2,1-2H3,(H,22,24). The highest BCUT2D eigenvalue weighted by atomic mass is 32.2. The minimum atomic E-state index is -0.135. The molecular weight excluding hydrogens is 360 g/mol. The predicted molar refractivity (Wildman–Crippen MR) is 114 cm³/mol. The number of hydrogen-bond acceptors (Lipinski definition) is 4. The lowest BCUT2D eigenvalue weighted by atomic mass is 10.2. The Labute approximate surface area is 162 Å². The largest absolute Gasteiger partial charge is 0.322 e. The fourth-order valence-corrected chi connectivity index (χ4v) is 4.76. The number of aromatic nitrogens is 1. The molecule has 0 fully saturated rings. The molecule has 0 radical (unpaired) electrons. The van der Waals surface area contributed by atoms with Gasteiger partial charge in [0.25, 0.3) is 0 Å². The van der Waals surface area contributed by atoms with Crippen LogP contribution < -0.4 is 5.32 Å². The van der Waals surface area contributed by atoms with Gasteiger partial charge in [-0.25, -0.2) is 4.98 Å². The lowest BCUT2D eigenvalue weighted by Crippen LogP contribution is -2.07. The first-order chi connectivity index (χ1) is 12.6. The number of carbonyl (C=O) groups is 1. The van der Waals surface area contributed by atoms with Gasteiger partial charge in [0.1, 0.15) is 0 Å². The quantitative estimate of drug-likeness (QED) is 0.397. The number of nitrogens with zero attached hydrogens (tertiary/aromatic N) is 1. The smallest absolute Gasteiger partial charge is 0.248 e. The summed E-state index contributed by atoms with van der Waals surface area (Å²) in [6.45, 7) is 4.47. The van der Waals surface area contributed by atoms with Crippen molar-refractivity contribution in [2.75, 3.05) is 11.1 Å². The van der Waals surface area contributed by atoms with E-state index in [1.807, 2.05) is 66.4 Å². The van der Waals surface area contributed by atoms with Gasteiger partial charge in [-0.1, -0.05) is 55.9 Å². The molecule has 0 aliphatic rings. The molecule has 3 aromatic rings. The number of hydrogen-bond donors (Lipinski definition) is 1. The van der Waals surface area contributed by atoms with Crippen molar-refractivity contribution in [2.45, 2.75) is 24.6 Å². The minimum Gasteiger partial charge on any atom is -0.322 e.